The molecule has 0 saturated carbocycles. The Kier molecular flexibility index (Phi) is 5.11. The van der Waals surface area contributed by atoms with Gasteiger partial charge in [0.15, 0.2) is 0 Å². The highest BCUT2D eigenvalue weighted by molar-refractivity contribution is 6.28. The molecule has 6 nitrogen and oxygen atoms in total. The van der Waals surface area contributed by atoms with Crippen molar-refractivity contribution in [2.45, 2.75) is 39.7 Å². The Morgan fingerprint density at radius 2 is 2.27 bits per heavy atom. The minimum atomic E-state index is -0.456. The molecule has 22 heavy (non-hydrogen) atoms. The van der Waals surface area contributed by atoms with Gasteiger partial charge in [0.25, 0.3) is 0 Å². The van der Waals surface area contributed by atoms with Crippen molar-refractivity contribution in [3.05, 3.63) is 17.0 Å². The molecular formula is C15H23ClN4O2. The zero-order valence-corrected chi connectivity index (χ0v) is 14.3. The first kappa shape index (κ1) is 16.8. The van der Waals surface area contributed by atoms with E-state index in [0.29, 0.717) is 12.5 Å². The zero-order valence-electron chi connectivity index (χ0n) is 13.5. The molecule has 1 N–H and O–H groups in total. The van der Waals surface area contributed by atoms with Crippen LogP contribution in [0, 0.1) is 12.8 Å². The van der Waals surface area contributed by atoms with Gasteiger partial charge in [-0.15, -0.1) is 0 Å². The van der Waals surface area contributed by atoms with Crippen LogP contribution < -0.4 is 5.32 Å². The van der Waals surface area contributed by atoms with E-state index in [4.69, 9.17) is 16.3 Å². The molecule has 122 valence electrons. The molecule has 0 bridgehead atoms. The van der Waals surface area contributed by atoms with E-state index in [2.05, 4.69) is 15.3 Å². The Balaban J connectivity index is 1.84. The van der Waals surface area contributed by atoms with E-state index < -0.39 is 5.60 Å². The van der Waals surface area contributed by atoms with Crippen LogP contribution in [0.3, 0.4) is 0 Å². The monoisotopic (exact) mass is 326 g/mol. The fourth-order valence-corrected chi connectivity index (χ4v) is 2.47. The van der Waals surface area contributed by atoms with Gasteiger partial charge < -0.3 is 15.0 Å². The van der Waals surface area contributed by atoms with E-state index in [9.17, 15) is 4.79 Å². The third-order valence-electron chi connectivity index (χ3n) is 3.44. The lowest BCUT2D eigenvalue weighted by Gasteiger charge is -2.24. The van der Waals surface area contributed by atoms with Crippen LogP contribution in [0.2, 0.25) is 5.28 Å². The zero-order chi connectivity index (χ0) is 16.3. The minimum absolute atomic E-state index is 0.231. The number of hydrogen-bond donors (Lipinski definition) is 1. The molecular weight excluding hydrogens is 304 g/mol. The largest absolute Gasteiger partial charge is 0.444 e. The maximum Gasteiger partial charge on any atom is 0.410 e. The molecule has 0 spiro atoms. The summed E-state index contributed by atoms with van der Waals surface area (Å²) in [6, 6.07) is 0. The molecule has 2 heterocycles. The Bertz CT molecular complexity index is 545. The average Bonchev–Trinajstić information content (AvgIpc) is 2.87. The smallest absolute Gasteiger partial charge is 0.410 e. The molecule has 1 aromatic rings. The lowest BCUT2D eigenvalue weighted by Crippen LogP contribution is -2.35. The summed E-state index contributed by atoms with van der Waals surface area (Å²) in [4.78, 5) is 21.9. The molecule has 1 unspecified atom stereocenters. The van der Waals surface area contributed by atoms with Gasteiger partial charge in [0, 0.05) is 31.4 Å². The van der Waals surface area contributed by atoms with Crippen molar-refractivity contribution in [1.29, 1.82) is 0 Å². The first-order valence-corrected chi connectivity index (χ1v) is 7.83. The summed E-state index contributed by atoms with van der Waals surface area (Å²) in [7, 11) is 0. The van der Waals surface area contributed by atoms with Crippen LogP contribution >= 0.6 is 11.6 Å². The van der Waals surface area contributed by atoms with Crippen molar-refractivity contribution in [3.8, 4) is 0 Å². The second kappa shape index (κ2) is 6.69. The summed E-state index contributed by atoms with van der Waals surface area (Å²) in [5, 5.41) is 3.52. The first-order valence-electron chi connectivity index (χ1n) is 7.45. The molecule has 7 heteroatoms. The third kappa shape index (κ3) is 4.73. The Morgan fingerprint density at radius 1 is 1.55 bits per heavy atom. The summed E-state index contributed by atoms with van der Waals surface area (Å²) in [5.41, 5.74) is 0.494. The van der Waals surface area contributed by atoms with Crippen molar-refractivity contribution < 1.29 is 9.53 Å². The third-order valence-corrected chi connectivity index (χ3v) is 3.62. The van der Waals surface area contributed by atoms with Gasteiger partial charge in [-0.05, 0) is 51.6 Å². The number of ether oxygens (including phenoxy) is 1. The van der Waals surface area contributed by atoms with E-state index in [1.165, 1.54) is 0 Å². The van der Waals surface area contributed by atoms with Gasteiger partial charge in [-0.2, -0.15) is 0 Å². The summed E-state index contributed by atoms with van der Waals surface area (Å²) in [6.45, 7) is 9.73. The average molecular weight is 327 g/mol. The van der Waals surface area contributed by atoms with E-state index in [1.54, 1.807) is 11.1 Å². The Morgan fingerprint density at radius 3 is 2.95 bits per heavy atom. The molecule has 1 aromatic heterocycles. The fraction of sp³-hybridized carbons (Fsp3) is 0.667. The van der Waals surface area contributed by atoms with Crippen molar-refractivity contribution >= 4 is 23.5 Å². The molecule has 1 fully saturated rings. The second-order valence-electron chi connectivity index (χ2n) is 6.63. The highest BCUT2D eigenvalue weighted by Crippen LogP contribution is 2.21. The second-order valence-corrected chi connectivity index (χ2v) is 6.97. The maximum absolute atomic E-state index is 12.0. The van der Waals surface area contributed by atoms with E-state index in [1.807, 2.05) is 27.7 Å². The molecule has 1 aliphatic rings. The van der Waals surface area contributed by atoms with Crippen molar-refractivity contribution in [1.82, 2.24) is 14.9 Å². The quantitative estimate of drug-likeness (QED) is 0.864. The van der Waals surface area contributed by atoms with Crippen LogP contribution in [-0.2, 0) is 4.74 Å². The number of carbonyl (C=O) groups excluding carboxylic acids is 1. The topological polar surface area (TPSA) is 67.4 Å². The van der Waals surface area contributed by atoms with Gasteiger partial charge in [0.1, 0.15) is 11.4 Å². The number of rotatable bonds is 3. The highest BCUT2D eigenvalue weighted by atomic mass is 35.5. The Labute approximate surface area is 136 Å². The van der Waals surface area contributed by atoms with Crippen LogP contribution in [0.5, 0.6) is 0 Å². The molecule has 0 aliphatic carbocycles. The molecule has 1 amide bonds. The number of likely N-dealkylation sites (tertiary alicyclic amines) is 1. The van der Waals surface area contributed by atoms with Crippen molar-refractivity contribution in [2.75, 3.05) is 25.0 Å². The molecule has 1 aliphatic heterocycles. The van der Waals surface area contributed by atoms with E-state index in [0.717, 1.165) is 30.9 Å². The number of anilines is 1. The number of aromatic nitrogens is 2. The number of hydrogen-bond acceptors (Lipinski definition) is 5. The van der Waals surface area contributed by atoms with Crippen molar-refractivity contribution in [3.63, 3.8) is 0 Å². The number of amides is 1. The van der Waals surface area contributed by atoms with Gasteiger partial charge in [0.05, 0.1) is 0 Å². The fourth-order valence-electron chi connectivity index (χ4n) is 2.33. The number of carbonyl (C=O) groups is 1. The molecule has 1 atom stereocenters. The maximum atomic E-state index is 12.0. The van der Waals surface area contributed by atoms with Gasteiger partial charge in [-0.1, -0.05) is 0 Å². The summed E-state index contributed by atoms with van der Waals surface area (Å²) >= 11 is 5.81. The SMILES string of the molecule is Cc1cnc(Cl)nc1NCC1CCN(C(=O)OC(C)(C)C)C1. The molecule has 0 radical (unpaired) electrons. The first-order chi connectivity index (χ1) is 10.2. The van der Waals surface area contributed by atoms with E-state index in [-0.39, 0.29) is 11.4 Å². The lowest BCUT2D eigenvalue weighted by molar-refractivity contribution is 0.0289. The van der Waals surface area contributed by atoms with Crippen LogP contribution in [0.25, 0.3) is 0 Å². The predicted molar refractivity (Wildman–Crippen MR) is 86.2 cm³/mol. The number of aryl methyl sites for hydroxylation is 1. The lowest BCUT2D eigenvalue weighted by atomic mass is 10.1. The predicted octanol–water partition coefficient (Wildman–Crippen LogP) is 3.11. The van der Waals surface area contributed by atoms with Crippen LogP contribution in [0.15, 0.2) is 6.20 Å². The summed E-state index contributed by atoms with van der Waals surface area (Å²) in [6.07, 6.45) is 2.40. The van der Waals surface area contributed by atoms with E-state index >= 15 is 0 Å². The van der Waals surface area contributed by atoms with Gasteiger partial charge in [0.2, 0.25) is 5.28 Å². The van der Waals surface area contributed by atoms with Crippen molar-refractivity contribution in [2.24, 2.45) is 5.92 Å². The molecule has 0 aromatic carbocycles. The van der Waals surface area contributed by atoms with Crippen LogP contribution in [-0.4, -0.2) is 46.2 Å². The standard InChI is InChI=1S/C15H23ClN4O2/c1-10-7-18-13(16)19-12(10)17-8-11-5-6-20(9-11)14(21)22-15(2,3)4/h7,11H,5-6,8-9H2,1-4H3,(H,17,18,19). The van der Waals surface area contributed by atoms with Gasteiger partial charge in [-0.25, -0.2) is 14.8 Å². The summed E-state index contributed by atoms with van der Waals surface area (Å²) < 4.78 is 5.40. The number of nitrogens with zero attached hydrogens (tertiary/aromatic N) is 3. The minimum Gasteiger partial charge on any atom is -0.444 e. The number of nitrogens with one attached hydrogen (secondary N) is 1. The Hall–Kier alpha value is -1.56. The van der Waals surface area contributed by atoms with Crippen LogP contribution in [0.4, 0.5) is 10.6 Å². The molecule has 1 saturated heterocycles. The summed E-state index contributed by atoms with van der Waals surface area (Å²) in [5.74, 6) is 1.12. The van der Waals surface area contributed by atoms with Gasteiger partial charge in [-0.3, -0.25) is 0 Å². The number of halogens is 1. The van der Waals surface area contributed by atoms with Crippen LogP contribution in [0.1, 0.15) is 32.8 Å². The normalized spacial score (nSPS) is 18.4. The highest BCUT2D eigenvalue weighted by Gasteiger charge is 2.29. The van der Waals surface area contributed by atoms with Gasteiger partial charge >= 0.3 is 6.09 Å². The molecule has 2 rings (SSSR count).